The zero-order valence-corrected chi connectivity index (χ0v) is 14.1. The fourth-order valence-electron chi connectivity index (χ4n) is 3.23. The van der Waals surface area contributed by atoms with Crippen LogP contribution in [-0.2, 0) is 6.18 Å². The zero-order valence-electron chi connectivity index (χ0n) is 14.1. The monoisotopic (exact) mass is 368 g/mol. The molecule has 0 aromatic heterocycles. The molecule has 27 heavy (non-hydrogen) atoms. The summed E-state index contributed by atoms with van der Waals surface area (Å²) < 4.78 is 39.5. The molecule has 1 atom stereocenters. The number of nitrogens with zero attached hydrogens (tertiary/aromatic N) is 1. The van der Waals surface area contributed by atoms with Crippen molar-refractivity contribution < 1.29 is 18.0 Å². The maximum Gasteiger partial charge on any atom is 0.416 e. The number of para-hydroxylation sites is 2. The molecule has 3 nitrogen and oxygen atoms in total. The highest BCUT2D eigenvalue weighted by atomic mass is 19.4. The van der Waals surface area contributed by atoms with Gasteiger partial charge in [-0.15, -0.1) is 0 Å². The van der Waals surface area contributed by atoms with Gasteiger partial charge in [0.15, 0.2) is 0 Å². The van der Waals surface area contributed by atoms with Gasteiger partial charge in [0.2, 0.25) is 0 Å². The second kappa shape index (κ2) is 6.46. The van der Waals surface area contributed by atoms with Gasteiger partial charge in [0, 0.05) is 11.4 Å². The van der Waals surface area contributed by atoms with Crippen molar-refractivity contribution in [2.24, 2.45) is 0 Å². The summed E-state index contributed by atoms with van der Waals surface area (Å²) in [5, 5.41) is 3.21. The Bertz CT molecular complexity index is 986. The van der Waals surface area contributed by atoms with Gasteiger partial charge in [-0.05, 0) is 42.0 Å². The van der Waals surface area contributed by atoms with Gasteiger partial charge < -0.3 is 5.32 Å². The first-order valence-electron chi connectivity index (χ1n) is 8.36. The molecule has 0 aliphatic carbocycles. The Morgan fingerprint density at radius 2 is 1.56 bits per heavy atom. The van der Waals surface area contributed by atoms with Crippen LogP contribution in [0, 0.1) is 0 Å². The first kappa shape index (κ1) is 17.1. The highest BCUT2D eigenvalue weighted by molar-refractivity contribution is 6.12. The number of alkyl halides is 3. The lowest BCUT2D eigenvalue weighted by Gasteiger charge is -2.38. The normalized spacial score (nSPS) is 16.6. The number of carbonyl (C=O) groups is 1. The van der Waals surface area contributed by atoms with Crippen molar-refractivity contribution in [3.05, 3.63) is 95.6 Å². The largest absolute Gasteiger partial charge is 0.416 e. The maximum absolute atomic E-state index is 13.2. The summed E-state index contributed by atoms with van der Waals surface area (Å²) in [7, 11) is 0. The lowest BCUT2D eigenvalue weighted by molar-refractivity contribution is -0.137. The topological polar surface area (TPSA) is 32.3 Å². The summed E-state index contributed by atoms with van der Waals surface area (Å²) in [6, 6.07) is 20.9. The molecule has 6 heteroatoms. The summed E-state index contributed by atoms with van der Waals surface area (Å²) in [4.78, 5) is 14.6. The van der Waals surface area contributed by atoms with Crippen molar-refractivity contribution in [2.75, 3.05) is 10.2 Å². The van der Waals surface area contributed by atoms with Crippen LogP contribution in [0.5, 0.6) is 0 Å². The molecule has 1 aliphatic heterocycles. The van der Waals surface area contributed by atoms with Crippen LogP contribution in [-0.4, -0.2) is 5.91 Å². The van der Waals surface area contributed by atoms with Crippen molar-refractivity contribution in [2.45, 2.75) is 12.3 Å². The number of fused-ring (bicyclic) bond motifs is 1. The number of benzene rings is 3. The molecule has 0 bridgehead atoms. The Balaban J connectivity index is 1.86. The highest BCUT2D eigenvalue weighted by Crippen LogP contribution is 2.38. The smallest absolute Gasteiger partial charge is 0.360 e. The van der Waals surface area contributed by atoms with E-state index in [0.29, 0.717) is 22.5 Å². The third kappa shape index (κ3) is 3.14. The highest BCUT2D eigenvalue weighted by Gasteiger charge is 2.36. The van der Waals surface area contributed by atoms with E-state index in [1.165, 1.54) is 11.0 Å². The first-order valence-corrected chi connectivity index (χ1v) is 8.36. The third-order valence-corrected chi connectivity index (χ3v) is 4.49. The summed E-state index contributed by atoms with van der Waals surface area (Å²) >= 11 is 0. The number of carbonyl (C=O) groups excluding carboxylic acids is 1. The first-order chi connectivity index (χ1) is 12.9. The van der Waals surface area contributed by atoms with Gasteiger partial charge in [-0.25, -0.2) is 0 Å². The number of nitrogens with one attached hydrogen (secondary N) is 1. The van der Waals surface area contributed by atoms with Crippen molar-refractivity contribution >= 4 is 17.3 Å². The molecule has 3 aromatic carbocycles. The maximum atomic E-state index is 13.2. The van der Waals surface area contributed by atoms with E-state index in [2.05, 4.69) is 5.32 Å². The number of rotatable bonds is 2. The Hall–Kier alpha value is -3.28. The van der Waals surface area contributed by atoms with E-state index in [1.807, 2.05) is 6.07 Å². The van der Waals surface area contributed by atoms with Crippen LogP contribution in [0.1, 0.15) is 27.7 Å². The lowest BCUT2D eigenvalue weighted by atomic mass is 10.0. The summed E-state index contributed by atoms with van der Waals surface area (Å²) in [6.07, 6.45) is -5.21. The van der Waals surface area contributed by atoms with Gasteiger partial charge in [0.05, 0.1) is 11.1 Å². The third-order valence-electron chi connectivity index (χ3n) is 4.49. The predicted molar refractivity (Wildman–Crippen MR) is 97.5 cm³/mol. The molecule has 1 aliphatic rings. The number of amides is 1. The molecule has 0 radical (unpaired) electrons. The van der Waals surface area contributed by atoms with Crippen molar-refractivity contribution in [3.8, 4) is 0 Å². The van der Waals surface area contributed by atoms with E-state index < -0.39 is 17.9 Å². The molecule has 3 aromatic rings. The Labute approximate surface area is 154 Å². The molecule has 1 N–H and O–H groups in total. The predicted octanol–water partition coefficient (Wildman–Crippen LogP) is 5.48. The number of hydrogen-bond donors (Lipinski definition) is 1. The van der Waals surface area contributed by atoms with E-state index in [0.717, 1.165) is 12.1 Å². The van der Waals surface area contributed by atoms with Gasteiger partial charge in [-0.2, -0.15) is 13.2 Å². The quantitative estimate of drug-likeness (QED) is 0.650. The second-order valence-electron chi connectivity index (χ2n) is 6.23. The van der Waals surface area contributed by atoms with Crippen LogP contribution in [0.3, 0.4) is 0 Å². The minimum Gasteiger partial charge on any atom is -0.360 e. The van der Waals surface area contributed by atoms with E-state index in [1.54, 1.807) is 54.6 Å². The molecule has 4 rings (SSSR count). The molecule has 0 fully saturated rings. The fourth-order valence-corrected chi connectivity index (χ4v) is 3.23. The Morgan fingerprint density at radius 1 is 0.852 bits per heavy atom. The van der Waals surface area contributed by atoms with E-state index in [-0.39, 0.29) is 5.91 Å². The lowest BCUT2D eigenvalue weighted by Crippen LogP contribution is -2.43. The number of anilines is 2. The second-order valence-corrected chi connectivity index (χ2v) is 6.23. The fraction of sp³-hybridized carbons (Fsp3) is 0.0952. The van der Waals surface area contributed by atoms with Gasteiger partial charge in [0.25, 0.3) is 5.91 Å². The number of hydrogen-bond acceptors (Lipinski definition) is 2. The average molecular weight is 368 g/mol. The van der Waals surface area contributed by atoms with E-state index in [4.69, 9.17) is 0 Å². The van der Waals surface area contributed by atoms with Crippen molar-refractivity contribution in [3.63, 3.8) is 0 Å². The van der Waals surface area contributed by atoms with E-state index >= 15 is 0 Å². The Kier molecular flexibility index (Phi) is 4.11. The van der Waals surface area contributed by atoms with Gasteiger partial charge >= 0.3 is 6.18 Å². The van der Waals surface area contributed by atoms with Crippen LogP contribution in [0.2, 0.25) is 0 Å². The van der Waals surface area contributed by atoms with Crippen LogP contribution in [0.25, 0.3) is 0 Å². The molecule has 1 amide bonds. The van der Waals surface area contributed by atoms with Gasteiger partial charge in [-0.1, -0.05) is 42.5 Å². The van der Waals surface area contributed by atoms with Crippen LogP contribution < -0.4 is 10.2 Å². The van der Waals surface area contributed by atoms with Gasteiger partial charge in [-0.3, -0.25) is 9.69 Å². The number of halogens is 3. The van der Waals surface area contributed by atoms with Crippen LogP contribution in [0.15, 0.2) is 78.9 Å². The molecule has 1 heterocycles. The van der Waals surface area contributed by atoms with Crippen LogP contribution >= 0.6 is 0 Å². The average Bonchev–Trinajstić information content (AvgIpc) is 2.68. The van der Waals surface area contributed by atoms with Crippen molar-refractivity contribution in [1.29, 1.82) is 0 Å². The standard InChI is InChI=1S/C21H15F3N2O/c22-21(23,24)15-8-6-7-14(13-15)19-25-18-12-5-4-11-17(18)20(27)26(19)16-9-2-1-3-10-16/h1-13,19,25H/t19-/m0/s1. The minimum atomic E-state index is -4.45. The summed E-state index contributed by atoms with van der Waals surface area (Å²) in [6.45, 7) is 0. The molecular formula is C21H15F3N2O. The Morgan fingerprint density at radius 3 is 2.30 bits per heavy atom. The molecular weight excluding hydrogens is 353 g/mol. The SMILES string of the molecule is O=C1c2ccccc2N[C@H](c2cccc(C(F)(F)F)c2)N1c1ccccc1. The molecule has 136 valence electrons. The minimum absolute atomic E-state index is 0.266. The molecule has 0 saturated heterocycles. The zero-order chi connectivity index (χ0) is 19.0. The van der Waals surface area contributed by atoms with Crippen molar-refractivity contribution in [1.82, 2.24) is 0 Å². The van der Waals surface area contributed by atoms with Gasteiger partial charge in [0.1, 0.15) is 6.17 Å². The summed E-state index contributed by atoms with van der Waals surface area (Å²) in [5.74, 6) is -0.266. The molecule has 0 unspecified atom stereocenters. The summed E-state index contributed by atoms with van der Waals surface area (Å²) in [5.41, 5.74) is 1.28. The van der Waals surface area contributed by atoms with Crippen LogP contribution in [0.4, 0.5) is 24.5 Å². The van der Waals surface area contributed by atoms with E-state index in [9.17, 15) is 18.0 Å². The molecule has 0 spiro atoms. The molecule has 0 saturated carbocycles.